The summed E-state index contributed by atoms with van der Waals surface area (Å²) in [4.78, 5) is 13.6. The molecule has 0 bridgehead atoms. The van der Waals surface area contributed by atoms with Gasteiger partial charge in [-0.3, -0.25) is 0 Å². The SMILES string of the molecule is CC1(C)OB(c2ccc(C(=O)O)c(N3CCOCC3)c2)OC1(C)C. The maximum atomic E-state index is 11.6. The Morgan fingerprint density at radius 2 is 1.71 bits per heavy atom. The number of carboxylic acids is 1. The number of rotatable bonds is 3. The molecule has 0 aromatic heterocycles. The van der Waals surface area contributed by atoms with E-state index in [1.807, 2.05) is 38.7 Å². The molecule has 130 valence electrons. The second kappa shape index (κ2) is 6.06. The maximum absolute atomic E-state index is 11.6. The molecule has 2 aliphatic heterocycles. The molecule has 0 aliphatic carbocycles. The highest BCUT2D eigenvalue weighted by atomic mass is 16.7. The molecule has 1 aromatic carbocycles. The Kier molecular flexibility index (Phi) is 4.36. The van der Waals surface area contributed by atoms with Gasteiger partial charge in [0.1, 0.15) is 0 Å². The van der Waals surface area contributed by atoms with E-state index in [0.29, 0.717) is 32.0 Å². The number of benzene rings is 1. The lowest BCUT2D eigenvalue weighted by molar-refractivity contribution is 0.00578. The number of carboxylic acid groups (broad SMARTS) is 1. The van der Waals surface area contributed by atoms with Gasteiger partial charge in [0.2, 0.25) is 0 Å². The molecule has 0 unspecified atom stereocenters. The molecule has 2 heterocycles. The van der Waals surface area contributed by atoms with Gasteiger partial charge < -0.3 is 24.1 Å². The van der Waals surface area contributed by atoms with Gasteiger partial charge in [-0.05, 0) is 45.3 Å². The average Bonchev–Trinajstić information content (AvgIpc) is 2.75. The van der Waals surface area contributed by atoms with Crippen LogP contribution in [0.2, 0.25) is 0 Å². The summed E-state index contributed by atoms with van der Waals surface area (Å²) in [6, 6.07) is 5.28. The van der Waals surface area contributed by atoms with Crippen LogP contribution in [0, 0.1) is 0 Å². The van der Waals surface area contributed by atoms with E-state index in [-0.39, 0.29) is 5.56 Å². The number of anilines is 1. The molecular weight excluding hydrogens is 309 g/mol. The van der Waals surface area contributed by atoms with Crippen molar-refractivity contribution in [3.63, 3.8) is 0 Å². The number of hydrogen-bond donors (Lipinski definition) is 1. The first-order valence-corrected chi connectivity index (χ1v) is 8.27. The number of hydrogen-bond acceptors (Lipinski definition) is 5. The lowest BCUT2D eigenvalue weighted by Gasteiger charge is -2.32. The van der Waals surface area contributed by atoms with Gasteiger partial charge >= 0.3 is 13.1 Å². The van der Waals surface area contributed by atoms with E-state index in [9.17, 15) is 9.90 Å². The Labute approximate surface area is 142 Å². The van der Waals surface area contributed by atoms with Gasteiger partial charge in [0.15, 0.2) is 0 Å². The highest BCUT2D eigenvalue weighted by molar-refractivity contribution is 6.62. The number of morpholine rings is 1. The second-order valence-corrected chi connectivity index (χ2v) is 7.27. The van der Waals surface area contributed by atoms with Crippen molar-refractivity contribution in [2.45, 2.75) is 38.9 Å². The largest absolute Gasteiger partial charge is 0.494 e. The van der Waals surface area contributed by atoms with Crippen molar-refractivity contribution in [2.24, 2.45) is 0 Å². The summed E-state index contributed by atoms with van der Waals surface area (Å²) >= 11 is 0. The van der Waals surface area contributed by atoms with Gasteiger partial charge in [0.05, 0.1) is 35.7 Å². The molecule has 1 N–H and O–H groups in total. The first-order chi connectivity index (χ1) is 11.2. The quantitative estimate of drug-likeness (QED) is 0.846. The minimum Gasteiger partial charge on any atom is -0.478 e. The topological polar surface area (TPSA) is 68.2 Å². The summed E-state index contributed by atoms with van der Waals surface area (Å²) in [6.45, 7) is 10.5. The summed E-state index contributed by atoms with van der Waals surface area (Å²) in [5, 5.41) is 9.50. The summed E-state index contributed by atoms with van der Waals surface area (Å²) in [6.07, 6.45) is 0. The molecule has 0 saturated carbocycles. The molecular formula is C17H24BNO5. The van der Waals surface area contributed by atoms with E-state index >= 15 is 0 Å². The van der Waals surface area contributed by atoms with Crippen LogP contribution in [0.25, 0.3) is 0 Å². The van der Waals surface area contributed by atoms with Gasteiger partial charge in [0.25, 0.3) is 0 Å². The van der Waals surface area contributed by atoms with E-state index in [0.717, 1.165) is 5.46 Å². The Hall–Kier alpha value is -1.57. The van der Waals surface area contributed by atoms with Gasteiger partial charge in [-0.15, -0.1) is 0 Å². The summed E-state index contributed by atoms with van der Waals surface area (Å²) in [5.74, 6) is -0.933. The van der Waals surface area contributed by atoms with Crippen LogP contribution >= 0.6 is 0 Å². The van der Waals surface area contributed by atoms with Crippen LogP contribution in [0.1, 0.15) is 38.1 Å². The fourth-order valence-corrected chi connectivity index (χ4v) is 2.92. The number of aromatic carboxylic acids is 1. The van der Waals surface area contributed by atoms with Crippen molar-refractivity contribution in [1.29, 1.82) is 0 Å². The third-order valence-corrected chi connectivity index (χ3v) is 5.13. The Bertz CT molecular complexity index is 624. The predicted molar refractivity (Wildman–Crippen MR) is 92.1 cm³/mol. The van der Waals surface area contributed by atoms with Crippen LogP contribution in [0.4, 0.5) is 5.69 Å². The molecule has 0 amide bonds. The average molecular weight is 333 g/mol. The third-order valence-electron chi connectivity index (χ3n) is 5.13. The molecule has 0 atom stereocenters. The molecule has 1 aromatic rings. The van der Waals surface area contributed by atoms with E-state index in [4.69, 9.17) is 14.0 Å². The Morgan fingerprint density at radius 1 is 1.12 bits per heavy atom. The lowest BCUT2D eigenvalue weighted by atomic mass is 9.78. The first-order valence-electron chi connectivity index (χ1n) is 8.27. The molecule has 2 saturated heterocycles. The van der Waals surface area contributed by atoms with Crippen LogP contribution in [-0.4, -0.2) is 55.7 Å². The molecule has 2 fully saturated rings. The molecule has 24 heavy (non-hydrogen) atoms. The molecule has 0 radical (unpaired) electrons. The molecule has 7 heteroatoms. The summed E-state index contributed by atoms with van der Waals surface area (Å²) in [7, 11) is -0.502. The lowest BCUT2D eigenvalue weighted by Crippen LogP contribution is -2.41. The summed E-state index contributed by atoms with van der Waals surface area (Å²) in [5.41, 5.74) is 0.958. The number of nitrogens with zero attached hydrogens (tertiary/aromatic N) is 1. The van der Waals surface area contributed by atoms with Crippen LogP contribution in [-0.2, 0) is 14.0 Å². The van der Waals surface area contributed by atoms with Crippen LogP contribution in [0.3, 0.4) is 0 Å². The monoisotopic (exact) mass is 333 g/mol. The van der Waals surface area contributed by atoms with Gasteiger partial charge in [-0.1, -0.05) is 6.07 Å². The van der Waals surface area contributed by atoms with Crippen molar-refractivity contribution >= 4 is 24.2 Å². The normalized spacial score (nSPS) is 22.7. The summed E-state index contributed by atoms with van der Waals surface area (Å²) < 4.78 is 17.5. The Morgan fingerprint density at radius 3 is 2.25 bits per heavy atom. The maximum Gasteiger partial charge on any atom is 0.494 e. The molecule has 2 aliphatic rings. The molecule has 6 nitrogen and oxygen atoms in total. The van der Waals surface area contributed by atoms with E-state index in [2.05, 4.69) is 0 Å². The van der Waals surface area contributed by atoms with Crippen molar-refractivity contribution in [3.8, 4) is 0 Å². The predicted octanol–water partition coefficient (Wildman–Crippen LogP) is 1.52. The standard InChI is InChI=1S/C17H24BNO5/c1-16(2)17(3,4)24-18(23-16)12-5-6-13(15(20)21)14(11-12)19-7-9-22-10-8-19/h5-6,11H,7-10H2,1-4H3,(H,20,21). The molecule has 0 spiro atoms. The van der Waals surface area contributed by atoms with Gasteiger partial charge in [-0.2, -0.15) is 0 Å². The first kappa shape index (κ1) is 17.3. The second-order valence-electron chi connectivity index (χ2n) is 7.27. The van der Waals surface area contributed by atoms with E-state index in [1.165, 1.54) is 0 Å². The van der Waals surface area contributed by atoms with Crippen molar-refractivity contribution < 1.29 is 23.9 Å². The number of carbonyl (C=O) groups is 1. The van der Waals surface area contributed by atoms with Gasteiger partial charge in [-0.25, -0.2) is 4.79 Å². The zero-order valence-electron chi connectivity index (χ0n) is 14.7. The van der Waals surface area contributed by atoms with Crippen molar-refractivity contribution in [1.82, 2.24) is 0 Å². The van der Waals surface area contributed by atoms with Crippen LogP contribution < -0.4 is 10.4 Å². The van der Waals surface area contributed by atoms with Crippen molar-refractivity contribution in [2.75, 3.05) is 31.2 Å². The van der Waals surface area contributed by atoms with E-state index < -0.39 is 24.3 Å². The zero-order valence-corrected chi connectivity index (χ0v) is 14.7. The fraction of sp³-hybridized carbons (Fsp3) is 0.588. The highest BCUT2D eigenvalue weighted by Crippen LogP contribution is 2.36. The Balaban J connectivity index is 1.94. The smallest absolute Gasteiger partial charge is 0.478 e. The zero-order chi connectivity index (χ0) is 17.5. The van der Waals surface area contributed by atoms with Crippen LogP contribution in [0.5, 0.6) is 0 Å². The van der Waals surface area contributed by atoms with Gasteiger partial charge in [0, 0.05) is 13.1 Å². The minimum absolute atomic E-state index is 0.289. The van der Waals surface area contributed by atoms with E-state index in [1.54, 1.807) is 12.1 Å². The number of ether oxygens (including phenoxy) is 1. The van der Waals surface area contributed by atoms with Crippen LogP contribution in [0.15, 0.2) is 18.2 Å². The highest BCUT2D eigenvalue weighted by Gasteiger charge is 2.51. The molecule has 3 rings (SSSR count). The fourth-order valence-electron chi connectivity index (χ4n) is 2.92. The van der Waals surface area contributed by atoms with Crippen molar-refractivity contribution in [3.05, 3.63) is 23.8 Å². The minimum atomic E-state index is -0.933. The third kappa shape index (κ3) is 3.03.